The molecular weight excluding hydrogens is 262 g/mol. The Hall–Kier alpha value is -1.81. The number of aromatic amines is 1. The van der Waals surface area contributed by atoms with Crippen LogP contribution in [0, 0.1) is 0 Å². The lowest BCUT2D eigenvalue weighted by Gasteiger charge is -2.29. The molecule has 2 fully saturated rings. The molecule has 4 rings (SSSR count). The summed E-state index contributed by atoms with van der Waals surface area (Å²) < 4.78 is 0. The predicted octanol–water partition coefficient (Wildman–Crippen LogP) is 2.52. The van der Waals surface area contributed by atoms with Crippen LogP contribution in [0.1, 0.15) is 36.0 Å². The molecule has 1 aromatic heterocycles. The molecule has 1 amide bonds. The molecule has 4 nitrogen and oxygen atoms in total. The predicted molar refractivity (Wildman–Crippen MR) is 83.4 cm³/mol. The van der Waals surface area contributed by atoms with Crippen LogP contribution in [0.15, 0.2) is 30.5 Å². The Morgan fingerprint density at radius 3 is 3.00 bits per heavy atom. The Labute approximate surface area is 124 Å². The van der Waals surface area contributed by atoms with E-state index in [0.717, 1.165) is 42.4 Å². The van der Waals surface area contributed by atoms with Gasteiger partial charge >= 0.3 is 0 Å². The fraction of sp³-hybridized carbons (Fsp3) is 0.471. The Kier molecular flexibility index (Phi) is 3.19. The summed E-state index contributed by atoms with van der Waals surface area (Å²) in [5.74, 6) is 0.183. The Balaban J connectivity index is 1.60. The van der Waals surface area contributed by atoms with Crippen LogP contribution >= 0.6 is 0 Å². The normalized spacial score (nSPS) is 25.8. The van der Waals surface area contributed by atoms with Gasteiger partial charge in [0.2, 0.25) is 0 Å². The van der Waals surface area contributed by atoms with Gasteiger partial charge < -0.3 is 15.2 Å². The maximum Gasteiger partial charge on any atom is 0.254 e. The van der Waals surface area contributed by atoms with Crippen molar-refractivity contribution in [3.8, 4) is 0 Å². The number of H-pyrrole nitrogens is 1. The lowest BCUT2D eigenvalue weighted by molar-refractivity contribution is 0.0711. The molecule has 2 N–H and O–H groups in total. The van der Waals surface area contributed by atoms with Crippen LogP contribution in [0.2, 0.25) is 0 Å². The number of amides is 1. The number of carbonyl (C=O) groups is 1. The Morgan fingerprint density at radius 1 is 1.19 bits per heavy atom. The van der Waals surface area contributed by atoms with Gasteiger partial charge in [0, 0.05) is 35.9 Å². The van der Waals surface area contributed by atoms with Crippen LogP contribution in [-0.4, -0.2) is 41.0 Å². The second-order valence-corrected chi connectivity index (χ2v) is 6.19. The number of aromatic nitrogens is 1. The first kappa shape index (κ1) is 12.9. The van der Waals surface area contributed by atoms with Gasteiger partial charge in [-0.1, -0.05) is 6.07 Å². The molecule has 2 atom stereocenters. The van der Waals surface area contributed by atoms with Crippen LogP contribution in [-0.2, 0) is 0 Å². The van der Waals surface area contributed by atoms with Crippen molar-refractivity contribution < 1.29 is 4.79 Å². The van der Waals surface area contributed by atoms with Crippen molar-refractivity contribution in [3.63, 3.8) is 0 Å². The molecule has 0 bridgehead atoms. The van der Waals surface area contributed by atoms with Crippen molar-refractivity contribution >= 4 is 16.8 Å². The lowest BCUT2D eigenvalue weighted by Crippen LogP contribution is -2.46. The smallest absolute Gasteiger partial charge is 0.254 e. The third-order valence-corrected chi connectivity index (χ3v) is 4.92. The van der Waals surface area contributed by atoms with Crippen molar-refractivity contribution in [2.75, 3.05) is 13.1 Å². The van der Waals surface area contributed by atoms with E-state index in [4.69, 9.17) is 0 Å². The SMILES string of the molecule is O=C(c1ccc2cc[nH]c2c1)N1CCCC1C1CCCN1. The van der Waals surface area contributed by atoms with Gasteiger partial charge in [0.05, 0.1) is 0 Å². The van der Waals surface area contributed by atoms with Gasteiger partial charge in [-0.2, -0.15) is 0 Å². The monoisotopic (exact) mass is 283 g/mol. The van der Waals surface area contributed by atoms with Crippen LogP contribution in [0.25, 0.3) is 10.9 Å². The largest absolute Gasteiger partial charge is 0.361 e. The molecule has 2 aliphatic rings. The number of rotatable bonds is 2. The van der Waals surface area contributed by atoms with E-state index in [1.165, 1.54) is 12.8 Å². The summed E-state index contributed by atoms with van der Waals surface area (Å²) in [4.78, 5) is 18.1. The van der Waals surface area contributed by atoms with Crippen molar-refractivity contribution in [3.05, 3.63) is 36.0 Å². The Bertz CT molecular complexity index is 657. The molecule has 2 unspecified atom stereocenters. The number of likely N-dealkylation sites (tertiary alicyclic amines) is 1. The summed E-state index contributed by atoms with van der Waals surface area (Å²) in [5.41, 5.74) is 1.84. The van der Waals surface area contributed by atoms with Crippen molar-refractivity contribution in [2.24, 2.45) is 0 Å². The number of fused-ring (bicyclic) bond motifs is 1. The second kappa shape index (κ2) is 5.19. The molecule has 3 heterocycles. The van der Waals surface area contributed by atoms with Crippen LogP contribution in [0.3, 0.4) is 0 Å². The molecular formula is C17H21N3O. The van der Waals surface area contributed by atoms with Crippen LogP contribution in [0.5, 0.6) is 0 Å². The number of hydrogen-bond donors (Lipinski definition) is 2. The quantitative estimate of drug-likeness (QED) is 0.889. The molecule has 0 saturated carbocycles. The first-order valence-electron chi connectivity index (χ1n) is 7.94. The first-order valence-corrected chi connectivity index (χ1v) is 7.94. The maximum absolute atomic E-state index is 12.9. The molecule has 2 saturated heterocycles. The van der Waals surface area contributed by atoms with Gasteiger partial charge in [0.1, 0.15) is 0 Å². The van der Waals surface area contributed by atoms with Gasteiger partial charge in [-0.05, 0) is 55.8 Å². The minimum absolute atomic E-state index is 0.183. The van der Waals surface area contributed by atoms with Crippen molar-refractivity contribution in [1.29, 1.82) is 0 Å². The zero-order valence-electron chi connectivity index (χ0n) is 12.1. The van der Waals surface area contributed by atoms with E-state index in [9.17, 15) is 4.79 Å². The fourth-order valence-corrected chi connectivity index (χ4v) is 3.85. The third-order valence-electron chi connectivity index (χ3n) is 4.92. The molecule has 4 heteroatoms. The molecule has 0 spiro atoms. The Morgan fingerprint density at radius 2 is 2.14 bits per heavy atom. The second-order valence-electron chi connectivity index (χ2n) is 6.19. The maximum atomic E-state index is 12.9. The van der Waals surface area contributed by atoms with E-state index in [1.807, 2.05) is 30.5 Å². The average molecular weight is 283 g/mol. The molecule has 1 aromatic carbocycles. The van der Waals surface area contributed by atoms with Crippen molar-refractivity contribution in [1.82, 2.24) is 15.2 Å². The number of nitrogens with zero attached hydrogens (tertiary/aromatic N) is 1. The molecule has 21 heavy (non-hydrogen) atoms. The van der Waals surface area contributed by atoms with Gasteiger partial charge in [-0.25, -0.2) is 0 Å². The van der Waals surface area contributed by atoms with Gasteiger partial charge in [-0.15, -0.1) is 0 Å². The highest BCUT2D eigenvalue weighted by atomic mass is 16.2. The number of benzene rings is 1. The van der Waals surface area contributed by atoms with Crippen molar-refractivity contribution in [2.45, 2.75) is 37.8 Å². The number of hydrogen-bond acceptors (Lipinski definition) is 2. The minimum atomic E-state index is 0.183. The minimum Gasteiger partial charge on any atom is -0.361 e. The zero-order chi connectivity index (χ0) is 14.2. The van der Waals surface area contributed by atoms with E-state index in [1.54, 1.807) is 0 Å². The van der Waals surface area contributed by atoms with Crippen LogP contribution in [0.4, 0.5) is 0 Å². The summed E-state index contributed by atoms with van der Waals surface area (Å²) >= 11 is 0. The van der Waals surface area contributed by atoms with E-state index < -0.39 is 0 Å². The number of carbonyl (C=O) groups excluding carboxylic acids is 1. The summed E-state index contributed by atoms with van der Waals surface area (Å²) in [6.45, 7) is 1.99. The highest BCUT2D eigenvalue weighted by Gasteiger charge is 2.36. The summed E-state index contributed by atoms with van der Waals surface area (Å²) in [6, 6.07) is 8.86. The fourth-order valence-electron chi connectivity index (χ4n) is 3.85. The van der Waals surface area contributed by atoms with E-state index in [0.29, 0.717) is 12.1 Å². The average Bonchev–Trinajstić information content (AvgIpc) is 3.24. The lowest BCUT2D eigenvalue weighted by atomic mass is 10.0. The first-order chi connectivity index (χ1) is 10.3. The molecule has 110 valence electrons. The van der Waals surface area contributed by atoms with E-state index in [-0.39, 0.29) is 5.91 Å². The van der Waals surface area contributed by atoms with Crippen LogP contribution < -0.4 is 5.32 Å². The topological polar surface area (TPSA) is 48.1 Å². The molecule has 2 aromatic rings. The van der Waals surface area contributed by atoms with Gasteiger partial charge in [-0.3, -0.25) is 4.79 Å². The summed E-state index contributed by atoms with van der Waals surface area (Å²) in [5, 5.41) is 4.71. The number of nitrogens with one attached hydrogen (secondary N) is 2. The van der Waals surface area contributed by atoms with E-state index >= 15 is 0 Å². The summed E-state index contributed by atoms with van der Waals surface area (Å²) in [7, 11) is 0. The molecule has 2 aliphatic heterocycles. The molecule has 0 radical (unpaired) electrons. The standard InChI is InChI=1S/C17H21N3O/c21-17(13-6-5-12-7-9-19-15(12)11-13)20-10-2-4-16(20)14-3-1-8-18-14/h5-7,9,11,14,16,18-19H,1-4,8,10H2. The van der Waals surface area contributed by atoms with E-state index in [2.05, 4.69) is 15.2 Å². The van der Waals surface area contributed by atoms with Gasteiger partial charge in [0.25, 0.3) is 5.91 Å². The highest BCUT2D eigenvalue weighted by molar-refractivity contribution is 5.98. The highest BCUT2D eigenvalue weighted by Crippen LogP contribution is 2.27. The zero-order valence-corrected chi connectivity index (χ0v) is 12.1. The molecule has 0 aliphatic carbocycles. The van der Waals surface area contributed by atoms with Gasteiger partial charge in [0.15, 0.2) is 0 Å². The third kappa shape index (κ3) is 2.23. The summed E-state index contributed by atoms with van der Waals surface area (Å²) in [6.07, 6.45) is 6.61.